The Labute approximate surface area is 418 Å². The van der Waals surface area contributed by atoms with Gasteiger partial charge in [-0.3, -0.25) is 24.4 Å². The number of benzene rings is 2. The SMILES string of the molecule is CN[C@@H](C)CN[C@H](C(=O)N1C[C@@H](NC(=O)c2cnc(N3CCN(CCOc4cc5ncnc(Nc6n[nH]c(C)c6C)c5cc4S(=O)(=O)C(C)(C)C)CC3)nc2)C[C@H]1C(=O)Nc1c(F)cccc1F)C(C)(C)C. The minimum absolute atomic E-state index is 0.0168. The topological polar surface area (TPSA) is 245 Å². The predicted molar refractivity (Wildman–Crippen MR) is 270 cm³/mol. The van der Waals surface area contributed by atoms with Gasteiger partial charge in [0.05, 0.1) is 21.9 Å². The van der Waals surface area contributed by atoms with Gasteiger partial charge in [0.2, 0.25) is 17.8 Å². The van der Waals surface area contributed by atoms with E-state index in [0.29, 0.717) is 67.8 Å². The van der Waals surface area contributed by atoms with Crippen molar-refractivity contribution >= 4 is 61.7 Å². The molecule has 20 nitrogen and oxygen atoms in total. The number of likely N-dealkylation sites (tertiary alicyclic amines) is 1. The summed E-state index contributed by atoms with van der Waals surface area (Å²) >= 11 is 0. The number of carbonyl (C=O) groups is 3. The Kier molecular flexibility index (Phi) is 16.1. The third-order valence-corrected chi connectivity index (χ3v) is 15.7. The fourth-order valence-corrected chi connectivity index (χ4v) is 9.76. The molecule has 5 heterocycles. The molecule has 7 rings (SSSR count). The van der Waals surface area contributed by atoms with Gasteiger partial charge in [-0.05, 0) is 78.6 Å². The van der Waals surface area contributed by atoms with Crippen LogP contribution in [0.3, 0.4) is 0 Å². The number of likely N-dealkylation sites (N-methyl/N-ethyl adjacent to an activating group) is 1. The molecule has 2 fully saturated rings. The van der Waals surface area contributed by atoms with E-state index in [4.69, 9.17) is 4.74 Å². The molecule has 5 aromatic rings. The van der Waals surface area contributed by atoms with E-state index in [-0.39, 0.29) is 41.8 Å². The molecular weight excluding hydrogens is 951 g/mol. The zero-order valence-electron chi connectivity index (χ0n) is 42.5. The van der Waals surface area contributed by atoms with Gasteiger partial charge in [-0.15, -0.1) is 0 Å². The Balaban J connectivity index is 0.972. The molecule has 0 bridgehead atoms. The largest absolute Gasteiger partial charge is 0.491 e. The van der Waals surface area contributed by atoms with Crippen molar-refractivity contribution < 1.29 is 36.3 Å². The standard InChI is InChI=1S/C49H66F2N14O6S/c1-28(52-10)23-53-41(48(4,5)6)46(68)65-26-32(20-37(65)45(67)59-40-34(50)12-11-13-35(40)51)58-44(66)31-24-54-47(55-25-31)64-16-14-63(15-17-64)18-19-71-38-22-36-33(21-39(38)72(69,70)49(7,8)9)43(57-27-56-36)60-42-29(2)30(3)61-62-42/h11-13,21-22,24-25,27-28,32,37,41,52-53H,14-20,23,26H2,1-10H3,(H,58,66)(H,59,67)(H2,56,57,60,61,62)/t28-,32-,37-,41+/m0/s1. The molecule has 2 saturated heterocycles. The van der Waals surface area contributed by atoms with E-state index in [2.05, 4.69) is 61.6 Å². The molecular formula is C49H66F2N14O6S. The van der Waals surface area contributed by atoms with E-state index in [0.717, 1.165) is 23.4 Å². The first kappa shape index (κ1) is 53.4. The average molecular weight is 1020 g/mol. The van der Waals surface area contributed by atoms with Gasteiger partial charge >= 0.3 is 0 Å². The summed E-state index contributed by atoms with van der Waals surface area (Å²) < 4.78 is 62.4. The Morgan fingerprint density at radius 1 is 0.944 bits per heavy atom. The highest BCUT2D eigenvalue weighted by atomic mass is 32.2. The van der Waals surface area contributed by atoms with Crippen LogP contribution < -0.4 is 36.2 Å². The number of amides is 3. The summed E-state index contributed by atoms with van der Waals surface area (Å²) in [6, 6.07) is 3.87. The van der Waals surface area contributed by atoms with Crippen molar-refractivity contribution in [2.24, 2.45) is 5.41 Å². The number of ether oxygens (including phenoxy) is 1. The van der Waals surface area contributed by atoms with E-state index < -0.39 is 73.2 Å². The average Bonchev–Trinajstić information content (AvgIpc) is 3.90. The number of hydrogen-bond donors (Lipinski definition) is 6. The highest BCUT2D eigenvalue weighted by molar-refractivity contribution is 7.92. The lowest BCUT2D eigenvalue weighted by Crippen LogP contribution is -2.57. The van der Waals surface area contributed by atoms with Crippen LogP contribution in [-0.2, 0) is 19.4 Å². The van der Waals surface area contributed by atoms with Crippen molar-refractivity contribution in [3.8, 4) is 5.75 Å². The molecule has 23 heteroatoms. The maximum atomic E-state index is 14.7. The number of para-hydroxylation sites is 1. The number of carbonyl (C=O) groups excluding carboxylic acids is 3. The second kappa shape index (κ2) is 21.7. The lowest BCUT2D eigenvalue weighted by atomic mass is 9.85. The van der Waals surface area contributed by atoms with Gasteiger partial charge in [0, 0.05) is 93.0 Å². The lowest BCUT2D eigenvalue weighted by molar-refractivity contribution is -0.140. The molecule has 0 radical (unpaired) electrons. The van der Waals surface area contributed by atoms with Crippen LogP contribution in [0, 0.1) is 30.9 Å². The summed E-state index contributed by atoms with van der Waals surface area (Å²) in [5.74, 6) is -2.03. The molecule has 2 aromatic carbocycles. The van der Waals surface area contributed by atoms with Gasteiger partial charge in [-0.2, -0.15) is 5.10 Å². The summed E-state index contributed by atoms with van der Waals surface area (Å²) in [5.41, 5.74) is 1.24. The first-order valence-electron chi connectivity index (χ1n) is 24.0. The highest BCUT2D eigenvalue weighted by Gasteiger charge is 2.45. The molecule has 4 atom stereocenters. The quantitative estimate of drug-likeness (QED) is 0.0751. The zero-order chi connectivity index (χ0) is 52.3. The van der Waals surface area contributed by atoms with E-state index in [1.165, 1.54) is 29.7 Å². The first-order valence-corrected chi connectivity index (χ1v) is 25.5. The van der Waals surface area contributed by atoms with Crippen LogP contribution >= 0.6 is 0 Å². The number of fused-ring (bicyclic) bond motifs is 1. The molecule has 3 amide bonds. The second-order valence-electron chi connectivity index (χ2n) is 20.4. The normalized spacial score (nSPS) is 17.7. The summed E-state index contributed by atoms with van der Waals surface area (Å²) in [6.45, 7) is 19.9. The molecule has 388 valence electrons. The van der Waals surface area contributed by atoms with Crippen molar-refractivity contribution in [3.05, 3.63) is 77.5 Å². The Morgan fingerprint density at radius 3 is 2.24 bits per heavy atom. The van der Waals surface area contributed by atoms with Gasteiger partial charge in [0.25, 0.3) is 5.91 Å². The number of sulfone groups is 1. The van der Waals surface area contributed by atoms with Crippen LogP contribution in [0.4, 0.5) is 32.1 Å². The van der Waals surface area contributed by atoms with Crippen molar-refractivity contribution in [1.82, 2.24) is 55.9 Å². The second-order valence-corrected chi connectivity index (χ2v) is 23.1. The van der Waals surface area contributed by atoms with Gasteiger partial charge in [-0.25, -0.2) is 37.1 Å². The Morgan fingerprint density at radius 2 is 1.62 bits per heavy atom. The minimum atomic E-state index is -3.88. The maximum absolute atomic E-state index is 14.7. The molecule has 0 saturated carbocycles. The van der Waals surface area contributed by atoms with Crippen LogP contribution in [0.2, 0.25) is 0 Å². The van der Waals surface area contributed by atoms with Gasteiger partial charge in [0.1, 0.15) is 52.8 Å². The summed E-state index contributed by atoms with van der Waals surface area (Å²) in [4.78, 5) is 65.2. The van der Waals surface area contributed by atoms with Gasteiger partial charge in [-0.1, -0.05) is 26.8 Å². The number of aryl methyl sites for hydroxylation is 1. The molecule has 2 aliphatic heterocycles. The number of H-pyrrole nitrogens is 1. The molecule has 0 aliphatic carbocycles. The number of nitrogens with one attached hydrogen (secondary N) is 6. The number of halogens is 2. The van der Waals surface area contributed by atoms with E-state index in [9.17, 15) is 31.6 Å². The van der Waals surface area contributed by atoms with E-state index in [1.54, 1.807) is 32.9 Å². The van der Waals surface area contributed by atoms with Crippen LogP contribution in [-0.4, -0.2) is 154 Å². The molecule has 72 heavy (non-hydrogen) atoms. The monoisotopic (exact) mass is 1020 g/mol. The third-order valence-electron chi connectivity index (χ3n) is 13.2. The maximum Gasteiger partial charge on any atom is 0.254 e. The van der Waals surface area contributed by atoms with Crippen LogP contribution in [0.5, 0.6) is 5.75 Å². The first-order chi connectivity index (χ1) is 34.0. The number of aromatic nitrogens is 6. The number of rotatable bonds is 17. The van der Waals surface area contributed by atoms with E-state index in [1.807, 2.05) is 53.5 Å². The Bertz CT molecular complexity index is 2860. The summed E-state index contributed by atoms with van der Waals surface area (Å²) in [6.07, 6.45) is 4.22. The van der Waals surface area contributed by atoms with Gasteiger partial charge in [0.15, 0.2) is 15.7 Å². The van der Waals surface area contributed by atoms with Crippen molar-refractivity contribution in [3.63, 3.8) is 0 Å². The van der Waals surface area contributed by atoms with Crippen molar-refractivity contribution in [1.29, 1.82) is 0 Å². The summed E-state index contributed by atoms with van der Waals surface area (Å²) in [5, 5.41) is 22.7. The number of piperazine rings is 1. The number of nitrogens with zero attached hydrogens (tertiary/aromatic N) is 8. The molecule has 0 spiro atoms. The van der Waals surface area contributed by atoms with Crippen LogP contribution in [0.15, 0.2) is 53.9 Å². The Hall–Kier alpha value is -6.43. The zero-order valence-corrected chi connectivity index (χ0v) is 43.3. The molecule has 2 aliphatic rings. The number of anilines is 4. The van der Waals surface area contributed by atoms with Crippen LogP contribution in [0.1, 0.15) is 76.5 Å². The van der Waals surface area contributed by atoms with E-state index >= 15 is 0 Å². The predicted octanol–water partition coefficient (Wildman–Crippen LogP) is 4.50. The minimum Gasteiger partial charge on any atom is -0.491 e. The van der Waals surface area contributed by atoms with Crippen LogP contribution in [0.25, 0.3) is 10.9 Å². The van der Waals surface area contributed by atoms with Crippen molar-refractivity contribution in [2.75, 3.05) is 75.0 Å². The number of aromatic amines is 1. The smallest absolute Gasteiger partial charge is 0.254 e. The lowest BCUT2D eigenvalue weighted by Gasteiger charge is -2.36. The fraction of sp³-hybridized carbons (Fsp3) is 0.510. The molecule has 0 unspecified atom stereocenters. The number of hydrogen-bond acceptors (Lipinski definition) is 16. The molecule has 6 N–H and O–H groups in total. The highest BCUT2D eigenvalue weighted by Crippen LogP contribution is 2.37. The molecule has 3 aromatic heterocycles. The summed E-state index contributed by atoms with van der Waals surface area (Å²) in [7, 11) is -2.07. The van der Waals surface area contributed by atoms with Crippen molar-refractivity contribution in [2.45, 2.75) is 103 Å². The fourth-order valence-electron chi connectivity index (χ4n) is 8.44. The third kappa shape index (κ3) is 11.9. The van der Waals surface area contributed by atoms with Gasteiger partial charge < -0.3 is 41.1 Å².